The zero-order valence-corrected chi connectivity index (χ0v) is 9.13. The van der Waals surface area contributed by atoms with E-state index in [9.17, 15) is 17.6 Å². The third-order valence-corrected chi connectivity index (χ3v) is 2.60. The van der Waals surface area contributed by atoms with Crippen molar-refractivity contribution in [3.05, 3.63) is 70.8 Å². The van der Waals surface area contributed by atoms with Crippen molar-refractivity contribution in [3.8, 4) is 0 Å². The molecule has 18 heavy (non-hydrogen) atoms. The van der Waals surface area contributed by atoms with E-state index in [0.29, 0.717) is 12.1 Å². The van der Waals surface area contributed by atoms with Gasteiger partial charge in [0.1, 0.15) is 23.3 Å². The highest BCUT2D eigenvalue weighted by atomic mass is 19.1. The van der Waals surface area contributed by atoms with Crippen LogP contribution in [0.5, 0.6) is 0 Å². The first kappa shape index (κ1) is 12.6. The molecule has 1 nitrogen and oxygen atoms in total. The monoisotopic (exact) mass is 255 g/mol. The van der Waals surface area contributed by atoms with Gasteiger partial charge in [0.25, 0.3) is 0 Å². The Kier molecular flexibility index (Phi) is 3.34. The summed E-state index contributed by atoms with van der Waals surface area (Å²) in [4.78, 5) is 0. The highest BCUT2D eigenvalue weighted by molar-refractivity contribution is 5.33. The highest BCUT2D eigenvalue weighted by Gasteiger charge is 2.17. The second-order valence-electron chi connectivity index (χ2n) is 3.81. The Balaban J connectivity index is 2.44. The van der Waals surface area contributed by atoms with Crippen LogP contribution in [0.1, 0.15) is 17.2 Å². The molecule has 0 spiro atoms. The molecule has 0 saturated heterocycles. The zero-order valence-electron chi connectivity index (χ0n) is 9.13. The van der Waals surface area contributed by atoms with Crippen molar-refractivity contribution in [1.82, 2.24) is 0 Å². The molecule has 0 aliphatic rings. The van der Waals surface area contributed by atoms with Gasteiger partial charge in [0, 0.05) is 23.3 Å². The quantitative estimate of drug-likeness (QED) is 0.819. The molecule has 2 aromatic carbocycles. The normalized spacial score (nSPS) is 11.0. The second-order valence-corrected chi connectivity index (χ2v) is 3.81. The van der Waals surface area contributed by atoms with Gasteiger partial charge in [0.15, 0.2) is 0 Å². The van der Waals surface area contributed by atoms with Crippen molar-refractivity contribution >= 4 is 0 Å². The summed E-state index contributed by atoms with van der Waals surface area (Å²) >= 11 is 0. The third kappa shape index (κ3) is 2.36. The van der Waals surface area contributed by atoms with E-state index in [-0.39, 0.29) is 11.1 Å². The fourth-order valence-corrected chi connectivity index (χ4v) is 1.67. The van der Waals surface area contributed by atoms with E-state index in [1.807, 2.05) is 0 Å². The van der Waals surface area contributed by atoms with Crippen molar-refractivity contribution in [3.63, 3.8) is 0 Å². The van der Waals surface area contributed by atoms with Crippen LogP contribution in [0.4, 0.5) is 17.6 Å². The molecular weight excluding hydrogens is 246 g/mol. The summed E-state index contributed by atoms with van der Waals surface area (Å²) in [5.41, 5.74) is 5.59. The average Bonchev–Trinajstić information content (AvgIpc) is 2.28. The summed E-state index contributed by atoms with van der Waals surface area (Å²) in [5, 5.41) is 0. The van der Waals surface area contributed by atoms with Crippen molar-refractivity contribution in [2.75, 3.05) is 0 Å². The Morgan fingerprint density at radius 2 is 1.11 bits per heavy atom. The van der Waals surface area contributed by atoms with Crippen LogP contribution < -0.4 is 5.73 Å². The van der Waals surface area contributed by atoms with E-state index in [4.69, 9.17) is 5.73 Å². The lowest BCUT2D eigenvalue weighted by atomic mass is 9.98. The van der Waals surface area contributed by atoms with Crippen LogP contribution >= 0.6 is 0 Å². The van der Waals surface area contributed by atoms with Gasteiger partial charge in [-0.15, -0.1) is 0 Å². The maximum atomic E-state index is 13.5. The van der Waals surface area contributed by atoms with E-state index in [1.165, 1.54) is 0 Å². The fourth-order valence-electron chi connectivity index (χ4n) is 1.67. The van der Waals surface area contributed by atoms with Gasteiger partial charge in [-0.25, -0.2) is 17.6 Å². The van der Waals surface area contributed by atoms with E-state index in [1.54, 1.807) is 0 Å². The minimum atomic E-state index is -1.12. The van der Waals surface area contributed by atoms with Crippen LogP contribution in [0.3, 0.4) is 0 Å². The van der Waals surface area contributed by atoms with E-state index in [2.05, 4.69) is 0 Å². The average molecular weight is 255 g/mol. The summed E-state index contributed by atoms with van der Waals surface area (Å²) in [7, 11) is 0. The Labute approximate surface area is 101 Å². The molecule has 0 saturated carbocycles. The molecule has 0 aliphatic carbocycles. The summed E-state index contributed by atoms with van der Waals surface area (Å²) in [5.74, 6) is -3.23. The number of hydrogen-bond acceptors (Lipinski definition) is 1. The fraction of sp³-hybridized carbons (Fsp3) is 0.0769. The van der Waals surface area contributed by atoms with Crippen LogP contribution in [-0.4, -0.2) is 0 Å². The number of rotatable bonds is 2. The van der Waals surface area contributed by atoms with Crippen LogP contribution in [0.25, 0.3) is 0 Å². The van der Waals surface area contributed by atoms with Crippen molar-refractivity contribution in [2.45, 2.75) is 6.04 Å². The number of benzene rings is 2. The van der Waals surface area contributed by atoms with Gasteiger partial charge in [0.2, 0.25) is 0 Å². The van der Waals surface area contributed by atoms with Gasteiger partial charge in [-0.05, 0) is 12.1 Å². The van der Waals surface area contributed by atoms with Gasteiger partial charge in [0.05, 0.1) is 6.04 Å². The molecule has 0 fully saturated rings. The molecule has 0 radical (unpaired) electrons. The molecule has 0 unspecified atom stereocenters. The van der Waals surface area contributed by atoms with Gasteiger partial charge in [-0.3, -0.25) is 0 Å². The number of halogens is 4. The second kappa shape index (κ2) is 4.78. The Morgan fingerprint density at radius 1 is 0.722 bits per heavy atom. The Bertz CT molecular complexity index is 532. The topological polar surface area (TPSA) is 26.0 Å². The first-order chi connectivity index (χ1) is 8.49. The Hall–Kier alpha value is -1.88. The minimum absolute atomic E-state index is 0.0538. The smallest absolute Gasteiger partial charge is 0.131 e. The molecular formula is C13H9F4N. The molecule has 0 aromatic heterocycles. The number of hydrogen-bond donors (Lipinski definition) is 1. The highest BCUT2D eigenvalue weighted by Crippen LogP contribution is 2.25. The maximum absolute atomic E-state index is 13.5. The maximum Gasteiger partial charge on any atom is 0.131 e. The lowest BCUT2D eigenvalue weighted by molar-refractivity contribution is 0.548. The van der Waals surface area contributed by atoms with Gasteiger partial charge in [-0.1, -0.05) is 12.1 Å². The molecule has 5 heteroatoms. The SMILES string of the molecule is NC(c1ccc(F)cc1F)c1ccc(F)cc1F. The molecule has 2 N–H and O–H groups in total. The van der Waals surface area contributed by atoms with Crippen LogP contribution in [0.15, 0.2) is 36.4 Å². The third-order valence-electron chi connectivity index (χ3n) is 2.60. The molecule has 2 aromatic rings. The van der Waals surface area contributed by atoms with E-state index < -0.39 is 29.3 Å². The van der Waals surface area contributed by atoms with Gasteiger partial charge < -0.3 is 5.73 Å². The molecule has 94 valence electrons. The van der Waals surface area contributed by atoms with Crippen LogP contribution in [-0.2, 0) is 0 Å². The zero-order chi connectivity index (χ0) is 13.3. The lowest BCUT2D eigenvalue weighted by Gasteiger charge is -2.14. The summed E-state index contributed by atoms with van der Waals surface area (Å²) in [6, 6.07) is 4.54. The predicted octanol–water partition coefficient (Wildman–Crippen LogP) is 3.29. The standard InChI is InChI=1S/C13H9F4N/c14-7-1-3-9(11(16)5-7)13(18)10-4-2-8(15)6-12(10)17/h1-6,13H,18H2. The van der Waals surface area contributed by atoms with Crippen molar-refractivity contribution < 1.29 is 17.6 Å². The van der Waals surface area contributed by atoms with Crippen molar-refractivity contribution in [1.29, 1.82) is 0 Å². The minimum Gasteiger partial charge on any atom is -0.320 e. The molecule has 0 heterocycles. The van der Waals surface area contributed by atoms with Crippen molar-refractivity contribution in [2.24, 2.45) is 5.73 Å². The summed E-state index contributed by atoms with van der Waals surface area (Å²) in [6.07, 6.45) is 0. The molecule has 0 amide bonds. The number of nitrogens with two attached hydrogens (primary N) is 1. The van der Waals surface area contributed by atoms with E-state index in [0.717, 1.165) is 24.3 Å². The first-order valence-electron chi connectivity index (χ1n) is 5.14. The van der Waals surface area contributed by atoms with Crippen LogP contribution in [0.2, 0.25) is 0 Å². The molecule has 0 aliphatic heterocycles. The first-order valence-corrected chi connectivity index (χ1v) is 5.14. The molecule has 2 rings (SSSR count). The lowest BCUT2D eigenvalue weighted by Crippen LogP contribution is -2.15. The largest absolute Gasteiger partial charge is 0.320 e. The van der Waals surface area contributed by atoms with E-state index >= 15 is 0 Å². The van der Waals surface area contributed by atoms with Gasteiger partial charge in [-0.2, -0.15) is 0 Å². The van der Waals surface area contributed by atoms with Crippen LogP contribution in [0, 0.1) is 23.3 Å². The summed E-state index contributed by atoms with van der Waals surface area (Å²) in [6.45, 7) is 0. The molecule has 0 bridgehead atoms. The Morgan fingerprint density at radius 3 is 1.44 bits per heavy atom. The predicted molar refractivity (Wildman–Crippen MR) is 58.7 cm³/mol. The summed E-state index contributed by atoms with van der Waals surface area (Å²) < 4.78 is 52.4. The molecule has 0 atom stereocenters. The van der Waals surface area contributed by atoms with Gasteiger partial charge >= 0.3 is 0 Å².